The zero-order chi connectivity index (χ0) is 19.2. The van der Waals surface area contributed by atoms with Crippen LogP contribution >= 0.6 is 23.8 Å². The lowest BCUT2D eigenvalue weighted by molar-refractivity contribution is 0.0977. The number of thiocarbonyl (C=S) groups is 1. The fourth-order valence-electron chi connectivity index (χ4n) is 1.98. The van der Waals surface area contributed by atoms with Crippen molar-refractivity contribution in [3.63, 3.8) is 0 Å². The van der Waals surface area contributed by atoms with Crippen LogP contribution in [0.3, 0.4) is 0 Å². The number of hydrogen-bond donors (Lipinski definition) is 3. The molecule has 0 heterocycles. The normalized spacial score (nSPS) is 11.0. The Kier molecular flexibility index (Phi) is 7.10. The number of anilines is 1. The van der Waals surface area contributed by atoms with Gasteiger partial charge in [-0.1, -0.05) is 18.5 Å². The minimum Gasteiger partial charge on any atom is -0.332 e. The summed E-state index contributed by atoms with van der Waals surface area (Å²) in [6.45, 7) is 2.26. The molecule has 9 heteroatoms. The van der Waals surface area contributed by atoms with E-state index in [1.54, 1.807) is 36.4 Å². The molecule has 0 aliphatic heterocycles. The summed E-state index contributed by atoms with van der Waals surface area (Å²) in [6, 6.07) is 12.5. The number of halogens is 1. The monoisotopic (exact) mass is 411 g/mol. The average molecular weight is 412 g/mol. The van der Waals surface area contributed by atoms with E-state index in [2.05, 4.69) is 15.4 Å². The van der Waals surface area contributed by atoms with E-state index in [9.17, 15) is 13.2 Å². The number of sulfonamides is 1. The number of carbonyl (C=O) groups excluding carboxylic acids is 1. The second-order valence-corrected chi connectivity index (χ2v) is 7.95. The Balaban J connectivity index is 1.97. The topological polar surface area (TPSA) is 87.3 Å². The Morgan fingerprint density at radius 3 is 2.27 bits per heavy atom. The maximum atomic E-state index is 12.1. The van der Waals surface area contributed by atoms with Crippen LogP contribution in [0.25, 0.3) is 0 Å². The minimum atomic E-state index is -3.52. The smallest absolute Gasteiger partial charge is 0.257 e. The number of amides is 1. The van der Waals surface area contributed by atoms with Gasteiger partial charge in [-0.25, -0.2) is 13.1 Å². The van der Waals surface area contributed by atoms with Crippen LogP contribution in [0.1, 0.15) is 23.7 Å². The molecular weight excluding hydrogens is 394 g/mol. The van der Waals surface area contributed by atoms with Gasteiger partial charge in [0.1, 0.15) is 0 Å². The molecule has 26 heavy (non-hydrogen) atoms. The summed E-state index contributed by atoms with van der Waals surface area (Å²) < 4.78 is 26.5. The van der Waals surface area contributed by atoms with E-state index in [0.717, 1.165) is 0 Å². The molecule has 0 aliphatic rings. The summed E-state index contributed by atoms with van der Waals surface area (Å²) in [4.78, 5) is 12.2. The van der Waals surface area contributed by atoms with Crippen molar-refractivity contribution in [1.82, 2.24) is 10.0 Å². The molecule has 6 nitrogen and oxygen atoms in total. The molecule has 0 saturated carbocycles. The van der Waals surface area contributed by atoms with E-state index in [4.69, 9.17) is 23.8 Å². The van der Waals surface area contributed by atoms with Gasteiger partial charge in [-0.15, -0.1) is 0 Å². The summed E-state index contributed by atoms with van der Waals surface area (Å²) >= 11 is 10.9. The van der Waals surface area contributed by atoms with Crippen molar-refractivity contribution in [2.24, 2.45) is 0 Å². The quantitative estimate of drug-likeness (QED) is 0.635. The molecule has 0 atom stereocenters. The molecule has 138 valence electrons. The fourth-order valence-corrected chi connectivity index (χ4v) is 3.45. The molecule has 3 N–H and O–H groups in total. The van der Waals surface area contributed by atoms with Crippen molar-refractivity contribution in [1.29, 1.82) is 0 Å². The van der Waals surface area contributed by atoms with Gasteiger partial charge in [0.2, 0.25) is 10.0 Å². The first-order valence-electron chi connectivity index (χ1n) is 7.79. The Bertz CT molecular complexity index is 882. The van der Waals surface area contributed by atoms with Gasteiger partial charge in [-0.2, -0.15) is 0 Å². The van der Waals surface area contributed by atoms with Crippen LogP contribution < -0.4 is 15.4 Å². The summed E-state index contributed by atoms with van der Waals surface area (Å²) in [5, 5.41) is 6.01. The van der Waals surface area contributed by atoms with E-state index in [-0.39, 0.29) is 15.9 Å². The van der Waals surface area contributed by atoms with E-state index in [1.165, 1.54) is 12.1 Å². The highest BCUT2D eigenvalue weighted by atomic mass is 35.5. The molecule has 2 aromatic carbocycles. The Hall–Kier alpha value is -2.00. The molecule has 2 aromatic rings. The van der Waals surface area contributed by atoms with Gasteiger partial charge in [0.05, 0.1) is 4.90 Å². The van der Waals surface area contributed by atoms with Crippen molar-refractivity contribution in [3.8, 4) is 0 Å². The SMILES string of the molecule is CCCNS(=O)(=O)c1ccc(NC(=S)NC(=O)c2ccc(Cl)cc2)cc1. The Morgan fingerprint density at radius 2 is 1.69 bits per heavy atom. The van der Waals surface area contributed by atoms with Gasteiger partial charge >= 0.3 is 0 Å². The highest BCUT2D eigenvalue weighted by Gasteiger charge is 2.13. The predicted octanol–water partition coefficient (Wildman–Crippen LogP) is 3.16. The first-order valence-corrected chi connectivity index (χ1v) is 10.1. The third kappa shape index (κ3) is 5.77. The zero-order valence-electron chi connectivity index (χ0n) is 14.0. The maximum Gasteiger partial charge on any atom is 0.257 e. The first-order chi connectivity index (χ1) is 12.3. The number of benzene rings is 2. The molecule has 0 spiro atoms. The van der Waals surface area contributed by atoms with Crippen LogP contribution in [-0.2, 0) is 10.0 Å². The van der Waals surface area contributed by atoms with Gasteiger partial charge in [0.25, 0.3) is 5.91 Å². The third-order valence-electron chi connectivity index (χ3n) is 3.30. The van der Waals surface area contributed by atoms with Crippen LogP contribution in [0.2, 0.25) is 5.02 Å². The van der Waals surface area contributed by atoms with Gasteiger partial charge in [-0.05, 0) is 67.2 Å². The third-order valence-corrected chi connectivity index (χ3v) is 5.23. The van der Waals surface area contributed by atoms with Gasteiger partial charge in [0.15, 0.2) is 5.11 Å². The van der Waals surface area contributed by atoms with Crippen molar-refractivity contribution in [3.05, 3.63) is 59.1 Å². The van der Waals surface area contributed by atoms with E-state index in [0.29, 0.717) is 29.2 Å². The lowest BCUT2D eigenvalue weighted by atomic mass is 10.2. The van der Waals surface area contributed by atoms with Crippen molar-refractivity contribution in [2.75, 3.05) is 11.9 Å². The second-order valence-electron chi connectivity index (χ2n) is 5.34. The predicted molar refractivity (Wildman–Crippen MR) is 107 cm³/mol. The fraction of sp³-hybridized carbons (Fsp3) is 0.176. The number of nitrogens with one attached hydrogen (secondary N) is 3. The lowest BCUT2D eigenvalue weighted by Gasteiger charge is -2.11. The van der Waals surface area contributed by atoms with Crippen LogP contribution in [0.5, 0.6) is 0 Å². The van der Waals surface area contributed by atoms with Crippen molar-refractivity contribution < 1.29 is 13.2 Å². The highest BCUT2D eigenvalue weighted by Crippen LogP contribution is 2.14. The standard InChI is InChI=1S/C17H18ClN3O3S2/c1-2-11-19-26(23,24)15-9-7-14(8-10-15)20-17(25)21-16(22)12-3-5-13(18)6-4-12/h3-10,19H,2,11H2,1H3,(H2,20,21,22,25). The van der Waals surface area contributed by atoms with Gasteiger partial charge in [-0.3, -0.25) is 10.1 Å². The second kappa shape index (κ2) is 9.09. The molecule has 0 bridgehead atoms. The van der Waals surface area contributed by atoms with Gasteiger partial charge < -0.3 is 5.32 Å². The summed E-state index contributed by atoms with van der Waals surface area (Å²) in [7, 11) is -3.52. The largest absolute Gasteiger partial charge is 0.332 e. The van der Waals surface area contributed by atoms with E-state index >= 15 is 0 Å². The number of hydrogen-bond acceptors (Lipinski definition) is 4. The molecule has 0 unspecified atom stereocenters. The van der Waals surface area contributed by atoms with Crippen LogP contribution in [0.4, 0.5) is 5.69 Å². The zero-order valence-corrected chi connectivity index (χ0v) is 16.3. The molecule has 2 rings (SSSR count). The average Bonchev–Trinajstić information content (AvgIpc) is 2.61. The van der Waals surface area contributed by atoms with Gasteiger partial charge in [0, 0.05) is 22.8 Å². The molecule has 0 saturated heterocycles. The highest BCUT2D eigenvalue weighted by molar-refractivity contribution is 7.89. The number of carbonyl (C=O) groups is 1. The molecular formula is C17H18ClN3O3S2. The summed E-state index contributed by atoms with van der Waals surface area (Å²) in [6.07, 6.45) is 0.709. The Labute approximate surface area is 163 Å². The lowest BCUT2D eigenvalue weighted by Crippen LogP contribution is -2.34. The van der Waals surface area contributed by atoms with E-state index < -0.39 is 10.0 Å². The van der Waals surface area contributed by atoms with Crippen LogP contribution in [0.15, 0.2) is 53.4 Å². The van der Waals surface area contributed by atoms with Crippen LogP contribution in [0, 0.1) is 0 Å². The summed E-state index contributed by atoms with van der Waals surface area (Å²) in [5.41, 5.74) is 0.975. The molecule has 0 fully saturated rings. The van der Waals surface area contributed by atoms with Crippen LogP contribution in [-0.4, -0.2) is 26.0 Å². The van der Waals surface area contributed by atoms with Crippen molar-refractivity contribution >= 4 is 50.5 Å². The molecule has 1 amide bonds. The maximum absolute atomic E-state index is 12.1. The van der Waals surface area contributed by atoms with Crippen molar-refractivity contribution in [2.45, 2.75) is 18.2 Å². The molecule has 0 radical (unpaired) electrons. The Morgan fingerprint density at radius 1 is 1.08 bits per heavy atom. The molecule has 0 aliphatic carbocycles. The van der Waals surface area contributed by atoms with E-state index in [1.807, 2.05) is 6.92 Å². The number of rotatable bonds is 6. The summed E-state index contributed by atoms with van der Waals surface area (Å²) in [5.74, 6) is -0.373. The molecule has 0 aromatic heterocycles. The first kappa shape index (κ1) is 20.3. The minimum absolute atomic E-state index is 0.102.